The van der Waals surface area contributed by atoms with Crippen molar-refractivity contribution in [2.24, 2.45) is 0 Å². The van der Waals surface area contributed by atoms with Crippen molar-refractivity contribution in [3.8, 4) is 11.4 Å². The molecule has 0 unspecified atom stereocenters. The quantitative estimate of drug-likeness (QED) is 0.785. The number of nitrogens with zero attached hydrogens (tertiary/aromatic N) is 2. The Bertz CT molecular complexity index is 651. The molecule has 2 aromatic rings. The minimum absolute atomic E-state index is 0.256. The normalized spacial score (nSPS) is 11.7. The van der Waals surface area contributed by atoms with E-state index in [-0.39, 0.29) is 11.0 Å². The predicted molar refractivity (Wildman–Crippen MR) is 70.3 cm³/mol. The van der Waals surface area contributed by atoms with E-state index in [1.165, 1.54) is 0 Å². The standard InChI is InChI=1S/C8H4Br2ClN3O2S/c9-5-1-4(2-6(10)3-5)7-12-8(14-13-7)17(11,15)16/h1-3H,(H,12,13,14). The van der Waals surface area contributed by atoms with Crippen molar-refractivity contribution in [3.63, 3.8) is 0 Å². The summed E-state index contributed by atoms with van der Waals surface area (Å²) >= 11 is 6.63. The van der Waals surface area contributed by atoms with E-state index in [0.717, 1.165) is 8.95 Å². The second-order valence-electron chi connectivity index (χ2n) is 3.06. The second-order valence-corrected chi connectivity index (χ2v) is 7.37. The summed E-state index contributed by atoms with van der Waals surface area (Å²) in [5, 5.41) is 5.70. The van der Waals surface area contributed by atoms with Crippen molar-refractivity contribution < 1.29 is 8.42 Å². The first-order valence-corrected chi connectivity index (χ1v) is 8.09. The highest BCUT2D eigenvalue weighted by atomic mass is 79.9. The van der Waals surface area contributed by atoms with Crippen molar-refractivity contribution in [1.82, 2.24) is 15.2 Å². The number of hydrogen-bond acceptors (Lipinski definition) is 4. The number of hydrogen-bond donors (Lipinski definition) is 1. The van der Waals surface area contributed by atoms with Crippen LogP contribution in [0.25, 0.3) is 11.4 Å². The van der Waals surface area contributed by atoms with Gasteiger partial charge in [-0.1, -0.05) is 31.9 Å². The van der Waals surface area contributed by atoms with E-state index >= 15 is 0 Å². The van der Waals surface area contributed by atoms with Gasteiger partial charge in [0.05, 0.1) is 0 Å². The van der Waals surface area contributed by atoms with Crippen LogP contribution in [-0.4, -0.2) is 23.6 Å². The van der Waals surface area contributed by atoms with Crippen molar-refractivity contribution >= 4 is 51.6 Å². The van der Waals surface area contributed by atoms with Gasteiger partial charge in [-0.2, -0.15) is 10.1 Å². The number of aromatic amines is 1. The lowest BCUT2D eigenvalue weighted by Crippen LogP contribution is -1.92. The molecule has 0 aliphatic rings. The summed E-state index contributed by atoms with van der Waals surface area (Å²) in [6.45, 7) is 0. The molecule has 2 rings (SSSR count). The zero-order chi connectivity index (χ0) is 12.6. The number of aromatic nitrogens is 3. The summed E-state index contributed by atoms with van der Waals surface area (Å²) in [5.74, 6) is 0.256. The Balaban J connectivity index is 2.51. The van der Waals surface area contributed by atoms with Crippen LogP contribution in [0.4, 0.5) is 0 Å². The van der Waals surface area contributed by atoms with E-state index < -0.39 is 9.05 Å². The minimum atomic E-state index is -3.89. The minimum Gasteiger partial charge on any atom is -0.248 e. The largest absolute Gasteiger partial charge is 0.296 e. The van der Waals surface area contributed by atoms with Gasteiger partial charge in [0, 0.05) is 25.2 Å². The van der Waals surface area contributed by atoms with E-state index in [1.807, 2.05) is 6.07 Å². The third-order valence-electron chi connectivity index (χ3n) is 1.82. The second kappa shape index (κ2) is 4.68. The number of nitrogens with one attached hydrogen (secondary N) is 1. The maximum atomic E-state index is 11.0. The first-order valence-electron chi connectivity index (χ1n) is 4.20. The summed E-state index contributed by atoms with van der Waals surface area (Å²) < 4.78 is 23.7. The van der Waals surface area contributed by atoms with Crippen LogP contribution in [0.2, 0.25) is 0 Å². The molecule has 5 nitrogen and oxygen atoms in total. The van der Waals surface area contributed by atoms with E-state index in [4.69, 9.17) is 10.7 Å². The Morgan fingerprint density at radius 2 is 1.76 bits per heavy atom. The van der Waals surface area contributed by atoms with Gasteiger partial charge < -0.3 is 0 Å². The first kappa shape index (κ1) is 13.0. The summed E-state index contributed by atoms with van der Waals surface area (Å²) in [7, 11) is 1.25. The van der Waals surface area contributed by atoms with Gasteiger partial charge in [-0.3, -0.25) is 0 Å². The maximum absolute atomic E-state index is 11.0. The Morgan fingerprint density at radius 3 is 2.24 bits per heavy atom. The van der Waals surface area contributed by atoms with Crippen LogP contribution < -0.4 is 0 Å². The van der Waals surface area contributed by atoms with Gasteiger partial charge in [-0.25, -0.2) is 13.5 Å². The highest BCUT2D eigenvalue weighted by Crippen LogP contribution is 2.26. The number of benzene rings is 1. The molecule has 0 saturated carbocycles. The van der Waals surface area contributed by atoms with E-state index in [0.29, 0.717) is 5.56 Å². The Kier molecular flexibility index (Phi) is 3.58. The lowest BCUT2D eigenvalue weighted by Gasteiger charge is -1.98. The maximum Gasteiger partial charge on any atom is 0.296 e. The molecule has 0 fully saturated rings. The monoisotopic (exact) mass is 399 g/mol. The molecule has 0 aliphatic heterocycles. The van der Waals surface area contributed by atoms with E-state index in [1.54, 1.807) is 12.1 Å². The molecule has 0 bridgehead atoms. The van der Waals surface area contributed by atoms with Gasteiger partial charge in [0.2, 0.25) is 0 Å². The number of rotatable bonds is 2. The lowest BCUT2D eigenvalue weighted by atomic mass is 10.2. The molecular formula is C8H4Br2ClN3O2S. The van der Waals surface area contributed by atoms with Crippen LogP contribution >= 0.6 is 42.5 Å². The van der Waals surface area contributed by atoms with Gasteiger partial charge in [-0.15, -0.1) is 0 Å². The predicted octanol–water partition coefficient (Wildman–Crippen LogP) is 2.92. The van der Waals surface area contributed by atoms with Crippen LogP contribution in [0.5, 0.6) is 0 Å². The molecule has 0 aliphatic carbocycles. The fraction of sp³-hybridized carbons (Fsp3) is 0. The lowest BCUT2D eigenvalue weighted by molar-refractivity contribution is 0.602. The molecule has 9 heteroatoms. The zero-order valence-corrected chi connectivity index (χ0v) is 12.7. The van der Waals surface area contributed by atoms with Gasteiger partial charge >= 0.3 is 0 Å². The highest BCUT2D eigenvalue weighted by molar-refractivity contribution is 9.11. The molecule has 0 amide bonds. The van der Waals surface area contributed by atoms with Crippen LogP contribution in [0.3, 0.4) is 0 Å². The number of halogens is 3. The fourth-order valence-electron chi connectivity index (χ4n) is 1.17. The third kappa shape index (κ3) is 3.06. The summed E-state index contributed by atoms with van der Waals surface area (Å²) in [6.07, 6.45) is 0. The van der Waals surface area contributed by atoms with Crippen molar-refractivity contribution in [3.05, 3.63) is 27.1 Å². The SMILES string of the molecule is O=S(=O)(Cl)c1nc(-c2cc(Br)cc(Br)c2)n[nH]1. The smallest absolute Gasteiger partial charge is 0.248 e. The van der Waals surface area contributed by atoms with Crippen molar-refractivity contribution in [1.29, 1.82) is 0 Å². The summed E-state index contributed by atoms with van der Waals surface area (Å²) in [4.78, 5) is 3.81. The summed E-state index contributed by atoms with van der Waals surface area (Å²) in [5.41, 5.74) is 0.661. The van der Waals surface area contributed by atoms with Crippen LogP contribution in [0.1, 0.15) is 0 Å². The van der Waals surface area contributed by atoms with Gasteiger partial charge in [-0.05, 0) is 18.2 Å². The molecule has 90 valence electrons. The Labute approximate surface area is 118 Å². The highest BCUT2D eigenvalue weighted by Gasteiger charge is 2.17. The third-order valence-corrected chi connectivity index (χ3v) is 3.82. The number of H-pyrrole nitrogens is 1. The van der Waals surface area contributed by atoms with Crippen molar-refractivity contribution in [2.45, 2.75) is 5.16 Å². The van der Waals surface area contributed by atoms with Crippen LogP contribution in [0.15, 0.2) is 32.3 Å². The molecular weight excluding hydrogens is 397 g/mol. The molecule has 0 radical (unpaired) electrons. The molecule has 17 heavy (non-hydrogen) atoms. The summed E-state index contributed by atoms with van der Waals surface area (Å²) in [6, 6.07) is 5.37. The molecule has 1 aromatic carbocycles. The van der Waals surface area contributed by atoms with E-state index in [9.17, 15) is 8.42 Å². The average Bonchev–Trinajstić information content (AvgIpc) is 2.63. The molecule has 0 saturated heterocycles. The molecule has 0 atom stereocenters. The fourth-order valence-corrected chi connectivity index (χ4v) is 3.02. The van der Waals surface area contributed by atoms with E-state index in [2.05, 4.69) is 47.0 Å². The zero-order valence-electron chi connectivity index (χ0n) is 7.99. The average molecular weight is 401 g/mol. The molecule has 1 heterocycles. The van der Waals surface area contributed by atoms with Gasteiger partial charge in [0.25, 0.3) is 14.2 Å². The Hall–Kier alpha value is -0.440. The van der Waals surface area contributed by atoms with Crippen LogP contribution in [0, 0.1) is 0 Å². The molecule has 1 aromatic heterocycles. The molecule has 1 N–H and O–H groups in total. The topological polar surface area (TPSA) is 75.7 Å². The Morgan fingerprint density at radius 1 is 1.18 bits per heavy atom. The first-order chi connectivity index (χ1) is 7.86. The van der Waals surface area contributed by atoms with Crippen molar-refractivity contribution in [2.75, 3.05) is 0 Å². The van der Waals surface area contributed by atoms with Gasteiger partial charge in [0.15, 0.2) is 5.82 Å². The molecule has 0 spiro atoms. The van der Waals surface area contributed by atoms with Crippen LogP contribution in [-0.2, 0) is 9.05 Å². The van der Waals surface area contributed by atoms with Gasteiger partial charge in [0.1, 0.15) is 0 Å².